The van der Waals surface area contributed by atoms with Gasteiger partial charge < -0.3 is 14.7 Å². The molecular weight excluding hydrogens is 342 g/mol. The van der Waals surface area contributed by atoms with Crippen molar-refractivity contribution in [2.24, 2.45) is 7.05 Å². The van der Waals surface area contributed by atoms with Crippen molar-refractivity contribution in [3.05, 3.63) is 52.4 Å². The van der Waals surface area contributed by atoms with Crippen molar-refractivity contribution in [1.29, 1.82) is 0 Å². The van der Waals surface area contributed by atoms with E-state index >= 15 is 0 Å². The second-order valence-corrected chi connectivity index (χ2v) is 7.17. The third-order valence-corrected chi connectivity index (χ3v) is 5.47. The van der Waals surface area contributed by atoms with Gasteiger partial charge in [-0.15, -0.1) is 0 Å². The lowest BCUT2D eigenvalue weighted by Gasteiger charge is -2.36. The van der Waals surface area contributed by atoms with Crippen LogP contribution in [-0.4, -0.2) is 59.9 Å². The minimum Gasteiger partial charge on any atom is -0.371 e. The van der Waals surface area contributed by atoms with Crippen molar-refractivity contribution in [3.8, 4) is 0 Å². The third-order valence-electron chi connectivity index (χ3n) is 5.47. The minimum atomic E-state index is -0.120. The summed E-state index contributed by atoms with van der Waals surface area (Å²) in [5, 5.41) is 4.09. The van der Waals surface area contributed by atoms with Crippen LogP contribution in [0.15, 0.2) is 41.3 Å². The molecule has 0 radical (unpaired) electrons. The molecule has 1 amide bonds. The molecule has 2 saturated heterocycles. The average Bonchev–Trinajstić information content (AvgIpc) is 3.24. The Morgan fingerprint density at radius 2 is 1.67 bits per heavy atom. The number of aryl methyl sites for hydroxylation is 1. The van der Waals surface area contributed by atoms with E-state index in [2.05, 4.69) is 21.0 Å². The lowest BCUT2D eigenvalue weighted by Crippen LogP contribution is -2.49. The maximum absolute atomic E-state index is 13.1. The molecular formula is C20H25N5O2. The molecule has 2 fully saturated rings. The maximum Gasteiger partial charge on any atom is 0.268 e. The molecule has 2 aliphatic rings. The molecule has 7 heteroatoms. The predicted molar refractivity (Wildman–Crippen MR) is 105 cm³/mol. The quantitative estimate of drug-likeness (QED) is 0.819. The molecule has 4 rings (SSSR count). The number of benzene rings is 1. The van der Waals surface area contributed by atoms with Gasteiger partial charge in [-0.3, -0.25) is 9.59 Å². The highest BCUT2D eigenvalue weighted by atomic mass is 16.2. The van der Waals surface area contributed by atoms with Crippen LogP contribution in [0.5, 0.6) is 0 Å². The van der Waals surface area contributed by atoms with E-state index in [9.17, 15) is 9.59 Å². The van der Waals surface area contributed by atoms with Crippen LogP contribution in [0.4, 0.5) is 11.4 Å². The zero-order valence-corrected chi connectivity index (χ0v) is 15.7. The fourth-order valence-corrected chi connectivity index (χ4v) is 3.86. The van der Waals surface area contributed by atoms with E-state index in [4.69, 9.17) is 0 Å². The van der Waals surface area contributed by atoms with Crippen molar-refractivity contribution in [2.75, 3.05) is 49.1 Å². The first-order valence-corrected chi connectivity index (χ1v) is 9.55. The Morgan fingerprint density at radius 1 is 0.963 bits per heavy atom. The van der Waals surface area contributed by atoms with Crippen LogP contribution in [0.1, 0.15) is 23.2 Å². The second-order valence-electron chi connectivity index (χ2n) is 7.17. The van der Waals surface area contributed by atoms with E-state index in [1.54, 1.807) is 19.3 Å². The smallest absolute Gasteiger partial charge is 0.268 e. The minimum absolute atomic E-state index is 0.0965. The molecule has 2 aliphatic heterocycles. The largest absolute Gasteiger partial charge is 0.371 e. The molecule has 2 aromatic rings. The summed E-state index contributed by atoms with van der Waals surface area (Å²) in [7, 11) is 1.64. The van der Waals surface area contributed by atoms with E-state index in [1.807, 2.05) is 23.1 Å². The number of amides is 1. The molecule has 0 N–H and O–H groups in total. The van der Waals surface area contributed by atoms with Crippen molar-refractivity contribution in [3.63, 3.8) is 0 Å². The van der Waals surface area contributed by atoms with Crippen LogP contribution in [-0.2, 0) is 7.05 Å². The van der Waals surface area contributed by atoms with E-state index in [1.165, 1.54) is 17.5 Å². The third kappa shape index (κ3) is 3.54. The number of rotatable bonds is 3. The molecule has 0 atom stereocenters. The lowest BCUT2D eigenvalue weighted by atomic mass is 10.1. The Morgan fingerprint density at radius 3 is 2.37 bits per heavy atom. The standard InChI is InChI=1S/C20H25N5O2/c1-22-19(26)14-16(15-21-22)23-10-12-25(13-11-23)20(27)17-6-2-3-7-18(17)24-8-4-5-9-24/h2-3,6-7,14-15H,4-5,8-13H2,1H3. The summed E-state index contributed by atoms with van der Waals surface area (Å²) >= 11 is 0. The highest BCUT2D eigenvalue weighted by molar-refractivity contribution is 6.00. The van der Waals surface area contributed by atoms with Crippen molar-refractivity contribution < 1.29 is 4.79 Å². The summed E-state index contributed by atoms with van der Waals surface area (Å²) in [5.74, 6) is 0.0965. The highest BCUT2D eigenvalue weighted by Gasteiger charge is 2.26. The van der Waals surface area contributed by atoms with Gasteiger partial charge in [-0.2, -0.15) is 5.10 Å². The number of para-hydroxylation sites is 1. The van der Waals surface area contributed by atoms with Gasteiger partial charge in [-0.25, -0.2) is 4.68 Å². The van der Waals surface area contributed by atoms with Crippen LogP contribution >= 0.6 is 0 Å². The summed E-state index contributed by atoms with van der Waals surface area (Å²) in [4.78, 5) is 31.3. The first-order chi connectivity index (χ1) is 13.1. The number of aromatic nitrogens is 2. The molecule has 0 bridgehead atoms. The van der Waals surface area contributed by atoms with E-state index < -0.39 is 0 Å². The average molecular weight is 367 g/mol. The Labute approximate surface area is 158 Å². The number of anilines is 2. The summed E-state index contributed by atoms with van der Waals surface area (Å²) in [5.41, 5.74) is 2.55. The highest BCUT2D eigenvalue weighted by Crippen LogP contribution is 2.26. The van der Waals surface area contributed by atoms with Gasteiger partial charge in [0.2, 0.25) is 0 Å². The number of carbonyl (C=O) groups excluding carboxylic acids is 1. The number of nitrogens with zero attached hydrogens (tertiary/aromatic N) is 5. The number of hydrogen-bond acceptors (Lipinski definition) is 5. The topological polar surface area (TPSA) is 61.7 Å². The molecule has 0 saturated carbocycles. The molecule has 1 aromatic heterocycles. The van der Waals surface area contributed by atoms with Crippen molar-refractivity contribution >= 4 is 17.3 Å². The monoisotopic (exact) mass is 367 g/mol. The Hall–Kier alpha value is -2.83. The first kappa shape index (κ1) is 17.6. The Bertz CT molecular complexity index is 880. The molecule has 142 valence electrons. The number of carbonyl (C=O) groups is 1. The Balaban J connectivity index is 1.46. The molecule has 7 nitrogen and oxygen atoms in total. The normalized spacial score (nSPS) is 17.4. The molecule has 0 aliphatic carbocycles. The van der Waals surface area contributed by atoms with E-state index in [0.29, 0.717) is 26.2 Å². The zero-order valence-electron chi connectivity index (χ0n) is 15.7. The van der Waals surface area contributed by atoms with Gasteiger partial charge in [0, 0.05) is 58.1 Å². The van der Waals surface area contributed by atoms with Gasteiger partial charge in [0.05, 0.1) is 17.4 Å². The van der Waals surface area contributed by atoms with Gasteiger partial charge in [-0.05, 0) is 25.0 Å². The summed E-state index contributed by atoms with van der Waals surface area (Å²) in [6.45, 7) is 4.73. The van der Waals surface area contributed by atoms with Crippen LogP contribution < -0.4 is 15.4 Å². The molecule has 0 unspecified atom stereocenters. The fraction of sp³-hybridized carbons (Fsp3) is 0.450. The number of piperazine rings is 1. The van der Waals surface area contributed by atoms with Gasteiger partial charge in [-0.1, -0.05) is 12.1 Å². The Kier molecular flexibility index (Phi) is 4.83. The molecule has 1 aromatic carbocycles. The van der Waals surface area contributed by atoms with Gasteiger partial charge >= 0.3 is 0 Å². The van der Waals surface area contributed by atoms with E-state index in [0.717, 1.165) is 30.0 Å². The molecule has 3 heterocycles. The summed E-state index contributed by atoms with van der Waals surface area (Å²) in [6, 6.07) is 9.54. The van der Waals surface area contributed by atoms with E-state index in [-0.39, 0.29) is 11.5 Å². The molecule has 0 spiro atoms. The molecule has 27 heavy (non-hydrogen) atoms. The second kappa shape index (κ2) is 7.42. The van der Waals surface area contributed by atoms with Gasteiger partial charge in [0.25, 0.3) is 11.5 Å². The maximum atomic E-state index is 13.1. The SMILES string of the molecule is Cn1ncc(N2CCN(C(=O)c3ccccc3N3CCCC3)CC2)cc1=O. The van der Waals surface area contributed by atoms with Crippen LogP contribution in [0, 0.1) is 0 Å². The van der Waals surface area contributed by atoms with Crippen molar-refractivity contribution in [1.82, 2.24) is 14.7 Å². The predicted octanol–water partition coefficient (Wildman–Crippen LogP) is 1.34. The first-order valence-electron chi connectivity index (χ1n) is 9.55. The van der Waals surface area contributed by atoms with Crippen LogP contribution in [0.3, 0.4) is 0 Å². The van der Waals surface area contributed by atoms with Crippen molar-refractivity contribution in [2.45, 2.75) is 12.8 Å². The van der Waals surface area contributed by atoms with Crippen LogP contribution in [0.25, 0.3) is 0 Å². The lowest BCUT2D eigenvalue weighted by molar-refractivity contribution is 0.0747. The fourth-order valence-electron chi connectivity index (χ4n) is 3.86. The van der Waals surface area contributed by atoms with Crippen LogP contribution in [0.2, 0.25) is 0 Å². The zero-order chi connectivity index (χ0) is 18.8. The number of hydrogen-bond donors (Lipinski definition) is 0. The van der Waals surface area contributed by atoms with Gasteiger partial charge in [0.1, 0.15) is 0 Å². The summed E-state index contributed by atoms with van der Waals surface area (Å²) < 4.78 is 1.32. The summed E-state index contributed by atoms with van der Waals surface area (Å²) in [6.07, 6.45) is 4.08. The van der Waals surface area contributed by atoms with Gasteiger partial charge in [0.15, 0.2) is 0 Å².